The van der Waals surface area contributed by atoms with Crippen molar-refractivity contribution in [2.45, 2.75) is 31.3 Å². The predicted octanol–water partition coefficient (Wildman–Crippen LogP) is 5.51. The average molecular weight is 502 g/mol. The number of thioether (sulfide) groups is 1. The van der Waals surface area contributed by atoms with Gasteiger partial charge in [-0.1, -0.05) is 35.1 Å². The maximum absolute atomic E-state index is 5.25. The predicted molar refractivity (Wildman–Crippen MR) is 137 cm³/mol. The largest absolute Gasteiger partial charge is 0.361 e. The highest BCUT2D eigenvalue weighted by molar-refractivity contribution is 7.99. The van der Waals surface area contributed by atoms with E-state index in [1.165, 1.54) is 11.1 Å². The van der Waals surface area contributed by atoms with Gasteiger partial charge in [0.2, 0.25) is 0 Å². The second-order valence-electron chi connectivity index (χ2n) is 8.19. The summed E-state index contributed by atoms with van der Waals surface area (Å²) in [6.07, 6.45) is 3.33. The topological polar surface area (TPSA) is 60.0 Å². The van der Waals surface area contributed by atoms with Gasteiger partial charge >= 0.3 is 0 Å². The van der Waals surface area contributed by atoms with Crippen LogP contribution < -0.4 is 0 Å². The molecule has 1 aliphatic heterocycles. The third kappa shape index (κ3) is 5.51. The zero-order valence-corrected chi connectivity index (χ0v) is 21.3. The van der Waals surface area contributed by atoms with Gasteiger partial charge in [-0.05, 0) is 61.4 Å². The Morgan fingerprint density at radius 1 is 1.09 bits per heavy atom. The summed E-state index contributed by atoms with van der Waals surface area (Å²) < 4.78 is 7.35. The summed E-state index contributed by atoms with van der Waals surface area (Å²) in [6, 6.07) is 12.9. The van der Waals surface area contributed by atoms with Crippen LogP contribution in [0, 0.1) is 6.92 Å². The van der Waals surface area contributed by atoms with E-state index in [1.54, 1.807) is 23.1 Å². The van der Waals surface area contributed by atoms with Crippen LogP contribution in [0.25, 0.3) is 22.0 Å². The van der Waals surface area contributed by atoms with Crippen LogP contribution in [0.2, 0.25) is 0 Å². The van der Waals surface area contributed by atoms with Crippen LogP contribution in [0.15, 0.2) is 51.5 Å². The summed E-state index contributed by atoms with van der Waals surface area (Å²) in [6.45, 7) is 5.27. The van der Waals surface area contributed by atoms with Gasteiger partial charge in [0.05, 0.1) is 4.88 Å². The molecule has 6 nitrogen and oxygen atoms in total. The molecule has 0 unspecified atom stereocenters. The molecule has 0 N–H and O–H groups in total. The Bertz CT molecular complexity index is 1190. The van der Waals surface area contributed by atoms with E-state index in [0.717, 1.165) is 77.5 Å². The zero-order chi connectivity index (χ0) is 21.9. The Morgan fingerprint density at radius 3 is 2.70 bits per heavy atom. The van der Waals surface area contributed by atoms with Gasteiger partial charge in [0.1, 0.15) is 11.5 Å². The molecule has 5 rings (SSSR count). The van der Waals surface area contributed by atoms with Gasteiger partial charge < -0.3 is 14.0 Å². The molecule has 0 radical (unpaired) electrons. The van der Waals surface area contributed by atoms with Crippen LogP contribution >= 0.6 is 35.5 Å². The van der Waals surface area contributed by atoms with Crippen molar-refractivity contribution in [2.75, 3.05) is 25.4 Å². The first-order valence-electron chi connectivity index (χ1n) is 11.0. The first kappa shape index (κ1) is 24.0. The van der Waals surface area contributed by atoms with Crippen molar-refractivity contribution in [1.82, 2.24) is 24.8 Å². The molecule has 4 aromatic rings. The molecule has 0 saturated carbocycles. The van der Waals surface area contributed by atoms with Crippen LogP contribution in [0.1, 0.15) is 23.3 Å². The molecule has 33 heavy (non-hydrogen) atoms. The van der Waals surface area contributed by atoms with Gasteiger partial charge in [0, 0.05) is 37.5 Å². The van der Waals surface area contributed by atoms with Gasteiger partial charge in [-0.2, -0.15) is 0 Å². The molecule has 4 heterocycles. The van der Waals surface area contributed by atoms with Gasteiger partial charge in [-0.15, -0.1) is 33.9 Å². The molecular formula is C24H28ClN5OS2. The third-order valence-corrected chi connectivity index (χ3v) is 7.92. The fourth-order valence-electron chi connectivity index (χ4n) is 4.17. The first-order valence-corrected chi connectivity index (χ1v) is 12.9. The summed E-state index contributed by atoms with van der Waals surface area (Å²) >= 11 is 3.50. The second kappa shape index (κ2) is 10.9. The fourth-order valence-corrected chi connectivity index (χ4v) is 5.75. The highest BCUT2D eigenvalue weighted by Crippen LogP contribution is 2.27. The van der Waals surface area contributed by atoms with Crippen LogP contribution in [0.5, 0.6) is 0 Å². The van der Waals surface area contributed by atoms with Crippen molar-refractivity contribution >= 4 is 35.5 Å². The lowest BCUT2D eigenvalue weighted by atomic mass is 9.99. The lowest BCUT2D eigenvalue weighted by Gasteiger charge is -2.19. The Morgan fingerprint density at radius 2 is 1.94 bits per heavy atom. The number of hydrogen-bond acceptors (Lipinski definition) is 7. The van der Waals surface area contributed by atoms with Crippen LogP contribution in [0.3, 0.4) is 0 Å². The molecular weight excluding hydrogens is 474 g/mol. The summed E-state index contributed by atoms with van der Waals surface area (Å²) in [7, 11) is 2.05. The number of benzene rings is 1. The molecule has 174 valence electrons. The second-order valence-corrected chi connectivity index (χ2v) is 10.2. The lowest BCUT2D eigenvalue weighted by Crippen LogP contribution is -2.27. The summed E-state index contributed by atoms with van der Waals surface area (Å²) in [5.74, 6) is 2.85. The minimum absolute atomic E-state index is 0. The monoisotopic (exact) mass is 501 g/mol. The smallest absolute Gasteiger partial charge is 0.191 e. The summed E-state index contributed by atoms with van der Waals surface area (Å²) in [4.78, 5) is 3.76. The maximum Gasteiger partial charge on any atom is 0.191 e. The molecule has 0 fully saturated rings. The van der Waals surface area contributed by atoms with E-state index in [2.05, 4.69) is 67.6 Å². The number of rotatable bonds is 7. The number of halogens is 1. The van der Waals surface area contributed by atoms with Crippen molar-refractivity contribution in [2.24, 2.45) is 7.05 Å². The van der Waals surface area contributed by atoms with Crippen LogP contribution in [-0.4, -0.2) is 50.2 Å². The number of aromatic nitrogens is 4. The molecule has 3 aromatic heterocycles. The van der Waals surface area contributed by atoms with Gasteiger partial charge in [-0.3, -0.25) is 0 Å². The highest BCUT2D eigenvalue weighted by atomic mass is 35.5. The normalized spacial score (nSPS) is 14.0. The van der Waals surface area contributed by atoms with Crippen molar-refractivity contribution < 1.29 is 4.52 Å². The Kier molecular flexibility index (Phi) is 7.90. The maximum atomic E-state index is 5.25. The lowest BCUT2D eigenvalue weighted by molar-refractivity contribution is 0.289. The molecule has 1 aromatic carbocycles. The van der Waals surface area contributed by atoms with Crippen molar-refractivity contribution in [3.8, 4) is 22.0 Å². The van der Waals surface area contributed by atoms with Crippen molar-refractivity contribution in [3.05, 3.63) is 58.7 Å². The molecule has 0 amide bonds. The van der Waals surface area contributed by atoms with Crippen molar-refractivity contribution in [3.63, 3.8) is 0 Å². The van der Waals surface area contributed by atoms with Crippen LogP contribution in [-0.2, 0) is 19.9 Å². The number of aryl methyl sites for hydroxylation is 1. The molecule has 1 aliphatic rings. The first-order chi connectivity index (χ1) is 15.7. The van der Waals surface area contributed by atoms with Crippen molar-refractivity contribution in [1.29, 1.82) is 0 Å². The minimum Gasteiger partial charge on any atom is -0.361 e. The average Bonchev–Trinajstić information content (AvgIpc) is 3.52. The standard InChI is InChI=1S/C24H27N5OS2.ClH/c1-17-15-21(27-30-17)20-7-6-18-8-11-29(12-9-19(18)16-20)10-4-14-32-24-26-25-23(28(24)2)22-5-3-13-31-22;/h3,5-7,13,15-16H,4,8-12,14H2,1-2H3;1H. The minimum atomic E-state index is 0. The summed E-state index contributed by atoms with van der Waals surface area (Å²) in [5, 5.41) is 16.0. The third-order valence-electron chi connectivity index (χ3n) is 5.95. The van der Waals surface area contributed by atoms with E-state index in [9.17, 15) is 0 Å². The van der Waals surface area contributed by atoms with E-state index >= 15 is 0 Å². The summed E-state index contributed by atoms with van der Waals surface area (Å²) in [5.41, 5.74) is 4.98. The highest BCUT2D eigenvalue weighted by Gasteiger charge is 2.16. The van der Waals surface area contributed by atoms with E-state index in [1.807, 2.05) is 13.0 Å². The fraction of sp³-hybridized carbons (Fsp3) is 0.375. The Hall–Kier alpha value is -2.13. The van der Waals surface area contributed by atoms with E-state index in [0.29, 0.717) is 0 Å². The Balaban J connectivity index is 0.00000259. The molecule has 0 atom stereocenters. The number of thiophene rings is 1. The number of hydrogen-bond donors (Lipinski definition) is 0. The molecule has 0 saturated heterocycles. The van der Waals surface area contributed by atoms with E-state index < -0.39 is 0 Å². The number of nitrogens with zero attached hydrogens (tertiary/aromatic N) is 5. The Labute approximate surface area is 208 Å². The molecule has 9 heteroatoms. The van der Waals surface area contributed by atoms with Gasteiger partial charge in [0.25, 0.3) is 0 Å². The van der Waals surface area contributed by atoms with E-state index in [4.69, 9.17) is 4.52 Å². The van der Waals surface area contributed by atoms with Crippen LogP contribution in [0.4, 0.5) is 0 Å². The van der Waals surface area contributed by atoms with Gasteiger partial charge in [-0.25, -0.2) is 0 Å². The van der Waals surface area contributed by atoms with Gasteiger partial charge in [0.15, 0.2) is 11.0 Å². The zero-order valence-electron chi connectivity index (χ0n) is 18.9. The van der Waals surface area contributed by atoms with E-state index in [-0.39, 0.29) is 12.4 Å². The molecule has 0 spiro atoms. The SMILES string of the molecule is Cc1cc(-c2ccc3c(c2)CCN(CCCSc2nnc(-c4cccs4)n2C)CC3)no1.Cl. The quantitative estimate of drug-likeness (QED) is 0.246. The molecule has 0 bridgehead atoms. The molecule has 0 aliphatic carbocycles. The number of fused-ring (bicyclic) bond motifs is 1.